The van der Waals surface area contributed by atoms with Gasteiger partial charge in [0.15, 0.2) is 0 Å². The fourth-order valence-corrected chi connectivity index (χ4v) is 3.68. The van der Waals surface area contributed by atoms with Gasteiger partial charge in [0, 0.05) is 36.9 Å². The van der Waals surface area contributed by atoms with Crippen LogP contribution in [0.4, 0.5) is 5.69 Å². The van der Waals surface area contributed by atoms with Gasteiger partial charge < -0.3 is 15.1 Å². The van der Waals surface area contributed by atoms with Crippen LogP contribution >= 0.6 is 11.6 Å². The predicted octanol–water partition coefficient (Wildman–Crippen LogP) is 3.37. The van der Waals surface area contributed by atoms with Crippen LogP contribution in [0.1, 0.15) is 19.4 Å². The van der Waals surface area contributed by atoms with Gasteiger partial charge in [0.05, 0.1) is 6.42 Å². The van der Waals surface area contributed by atoms with Crippen LogP contribution in [0.15, 0.2) is 54.6 Å². The first kappa shape index (κ1) is 21.2. The summed E-state index contributed by atoms with van der Waals surface area (Å²) >= 11 is 5.97. The Hall–Kier alpha value is -2.53. The number of halogens is 1. The molecule has 2 amide bonds. The third kappa shape index (κ3) is 5.73. The summed E-state index contributed by atoms with van der Waals surface area (Å²) in [6, 6.07) is 16.8. The topological polar surface area (TPSA) is 52.7 Å². The van der Waals surface area contributed by atoms with Crippen molar-refractivity contribution in [2.45, 2.75) is 26.3 Å². The molecule has 1 fully saturated rings. The fraction of sp³-hybridized carbons (Fsp3) is 0.391. The summed E-state index contributed by atoms with van der Waals surface area (Å²) in [4.78, 5) is 29.7. The SMILES string of the molecule is CC(C)C(NC(=O)Cc1ccccc1)C(=O)N1CCN(c2ccc(Cl)cc2)CC1. The Morgan fingerprint density at radius 1 is 0.966 bits per heavy atom. The van der Waals surface area contributed by atoms with E-state index < -0.39 is 6.04 Å². The molecule has 1 aliphatic heterocycles. The zero-order valence-corrected chi connectivity index (χ0v) is 17.7. The van der Waals surface area contributed by atoms with Crippen molar-refractivity contribution in [2.75, 3.05) is 31.1 Å². The lowest BCUT2D eigenvalue weighted by Crippen LogP contribution is -2.56. The van der Waals surface area contributed by atoms with E-state index in [9.17, 15) is 9.59 Å². The van der Waals surface area contributed by atoms with Crippen molar-refractivity contribution in [2.24, 2.45) is 5.92 Å². The molecular weight excluding hydrogens is 386 g/mol. The van der Waals surface area contributed by atoms with Gasteiger partial charge in [-0.05, 0) is 35.7 Å². The van der Waals surface area contributed by atoms with E-state index >= 15 is 0 Å². The first-order chi connectivity index (χ1) is 13.9. The fourth-order valence-electron chi connectivity index (χ4n) is 3.55. The molecule has 1 atom stereocenters. The number of piperazine rings is 1. The predicted molar refractivity (Wildman–Crippen MR) is 117 cm³/mol. The largest absolute Gasteiger partial charge is 0.368 e. The Balaban J connectivity index is 1.56. The molecule has 0 aromatic heterocycles. The Labute approximate surface area is 177 Å². The minimum absolute atomic E-state index is 0.00262. The number of nitrogens with one attached hydrogen (secondary N) is 1. The number of amides is 2. The zero-order valence-electron chi connectivity index (χ0n) is 17.0. The minimum atomic E-state index is -0.506. The van der Waals surface area contributed by atoms with Crippen molar-refractivity contribution in [1.29, 1.82) is 0 Å². The number of rotatable bonds is 6. The molecule has 29 heavy (non-hydrogen) atoms. The molecule has 0 saturated carbocycles. The molecule has 1 heterocycles. The number of carbonyl (C=O) groups is 2. The smallest absolute Gasteiger partial charge is 0.245 e. The zero-order chi connectivity index (χ0) is 20.8. The lowest BCUT2D eigenvalue weighted by atomic mass is 10.0. The molecule has 2 aromatic carbocycles. The van der Waals surface area contributed by atoms with Gasteiger partial charge in [-0.1, -0.05) is 55.8 Å². The maximum Gasteiger partial charge on any atom is 0.245 e. The molecule has 0 spiro atoms. The minimum Gasteiger partial charge on any atom is -0.368 e. The van der Waals surface area contributed by atoms with E-state index in [1.54, 1.807) is 0 Å². The quantitative estimate of drug-likeness (QED) is 0.789. The number of carbonyl (C=O) groups excluding carboxylic acids is 2. The summed E-state index contributed by atoms with van der Waals surface area (Å²) in [5.74, 6) is -0.100. The third-order valence-electron chi connectivity index (χ3n) is 5.24. The Morgan fingerprint density at radius 2 is 1.59 bits per heavy atom. The lowest BCUT2D eigenvalue weighted by molar-refractivity contribution is -0.137. The average Bonchev–Trinajstić information content (AvgIpc) is 2.73. The second-order valence-electron chi connectivity index (χ2n) is 7.74. The molecule has 6 heteroatoms. The van der Waals surface area contributed by atoms with Gasteiger partial charge in [-0.2, -0.15) is 0 Å². The summed E-state index contributed by atoms with van der Waals surface area (Å²) in [6.07, 6.45) is 0.279. The summed E-state index contributed by atoms with van der Waals surface area (Å²) in [7, 11) is 0. The number of nitrogens with zero attached hydrogens (tertiary/aromatic N) is 2. The Kier molecular flexibility index (Phi) is 7.15. The van der Waals surface area contributed by atoms with Gasteiger partial charge in [0.2, 0.25) is 11.8 Å². The normalized spacial score (nSPS) is 15.3. The highest BCUT2D eigenvalue weighted by atomic mass is 35.5. The first-order valence-corrected chi connectivity index (χ1v) is 10.4. The standard InChI is InChI=1S/C23H28ClN3O2/c1-17(2)22(25-21(28)16-18-6-4-3-5-7-18)23(29)27-14-12-26(13-15-27)20-10-8-19(24)9-11-20/h3-11,17,22H,12-16H2,1-2H3,(H,25,28). The summed E-state index contributed by atoms with van der Waals surface area (Å²) < 4.78 is 0. The molecule has 1 saturated heterocycles. The van der Waals surface area contributed by atoms with Gasteiger partial charge in [0.25, 0.3) is 0 Å². The number of hydrogen-bond donors (Lipinski definition) is 1. The van der Waals surface area contributed by atoms with Crippen molar-refractivity contribution in [1.82, 2.24) is 10.2 Å². The molecular formula is C23H28ClN3O2. The van der Waals surface area contributed by atoms with Crippen molar-refractivity contribution in [3.8, 4) is 0 Å². The summed E-state index contributed by atoms with van der Waals surface area (Å²) in [5, 5.41) is 3.67. The highest BCUT2D eigenvalue weighted by Crippen LogP contribution is 2.20. The van der Waals surface area contributed by atoms with E-state index in [1.807, 2.05) is 73.3 Å². The highest BCUT2D eigenvalue weighted by molar-refractivity contribution is 6.30. The van der Waals surface area contributed by atoms with E-state index in [0.29, 0.717) is 18.1 Å². The van der Waals surface area contributed by atoms with Crippen molar-refractivity contribution in [3.05, 3.63) is 65.2 Å². The van der Waals surface area contributed by atoms with Gasteiger partial charge in [0.1, 0.15) is 6.04 Å². The van der Waals surface area contributed by atoms with Crippen LogP contribution in [0.3, 0.4) is 0 Å². The highest BCUT2D eigenvalue weighted by Gasteiger charge is 2.30. The van der Waals surface area contributed by atoms with Crippen LogP contribution < -0.4 is 10.2 Å². The average molecular weight is 414 g/mol. The van der Waals surface area contributed by atoms with E-state index in [-0.39, 0.29) is 24.2 Å². The van der Waals surface area contributed by atoms with Crippen LogP contribution in [0.25, 0.3) is 0 Å². The van der Waals surface area contributed by atoms with Crippen molar-refractivity contribution < 1.29 is 9.59 Å². The van der Waals surface area contributed by atoms with Gasteiger partial charge >= 0.3 is 0 Å². The first-order valence-electron chi connectivity index (χ1n) is 10.1. The molecule has 1 unspecified atom stereocenters. The Morgan fingerprint density at radius 3 is 2.17 bits per heavy atom. The van der Waals surface area contributed by atoms with Crippen LogP contribution in [-0.4, -0.2) is 48.9 Å². The Bertz CT molecular complexity index is 816. The van der Waals surface area contributed by atoms with E-state index in [4.69, 9.17) is 11.6 Å². The van der Waals surface area contributed by atoms with E-state index in [0.717, 1.165) is 24.3 Å². The molecule has 2 aromatic rings. The molecule has 0 aliphatic carbocycles. The number of anilines is 1. The number of benzene rings is 2. The molecule has 0 radical (unpaired) electrons. The molecule has 5 nitrogen and oxygen atoms in total. The van der Waals surface area contributed by atoms with Crippen molar-refractivity contribution >= 4 is 29.1 Å². The molecule has 154 valence electrons. The van der Waals surface area contributed by atoms with Gasteiger partial charge in [-0.25, -0.2) is 0 Å². The van der Waals surface area contributed by atoms with Gasteiger partial charge in [-0.3, -0.25) is 9.59 Å². The van der Waals surface area contributed by atoms with Crippen LogP contribution in [-0.2, 0) is 16.0 Å². The second-order valence-corrected chi connectivity index (χ2v) is 8.18. The molecule has 0 bridgehead atoms. The van der Waals surface area contributed by atoms with Crippen LogP contribution in [0.2, 0.25) is 5.02 Å². The second kappa shape index (κ2) is 9.79. The number of hydrogen-bond acceptors (Lipinski definition) is 3. The van der Waals surface area contributed by atoms with Crippen LogP contribution in [0, 0.1) is 5.92 Å². The maximum absolute atomic E-state index is 13.1. The van der Waals surface area contributed by atoms with E-state index in [2.05, 4.69) is 10.2 Å². The lowest BCUT2D eigenvalue weighted by Gasteiger charge is -2.38. The maximum atomic E-state index is 13.1. The molecule has 1 N–H and O–H groups in total. The van der Waals surface area contributed by atoms with Crippen molar-refractivity contribution in [3.63, 3.8) is 0 Å². The molecule has 1 aliphatic rings. The summed E-state index contributed by atoms with van der Waals surface area (Å²) in [6.45, 7) is 6.73. The van der Waals surface area contributed by atoms with Crippen LogP contribution in [0.5, 0.6) is 0 Å². The van der Waals surface area contributed by atoms with Gasteiger partial charge in [-0.15, -0.1) is 0 Å². The summed E-state index contributed by atoms with van der Waals surface area (Å²) in [5.41, 5.74) is 2.05. The monoisotopic (exact) mass is 413 g/mol. The third-order valence-corrected chi connectivity index (χ3v) is 5.49. The molecule has 3 rings (SSSR count). The van der Waals surface area contributed by atoms with E-state index in [1.165, 1.54) is 0 Å².